The molecule has 0 amide bonds. The maximum atomic E-state index is 5.28. The summed E-state index contributed by atoms with van der Waals surface area (Å²) >= 11 is 3.36. The van der Waals surface area contributed by atoms with Crippen LogP contribution in [0.1, 0.15) is 5.82 Å². The zero-order chi connectivity index (χ0) is 18.8. The van der Waals surface area contributed by atoms with Crippen LogP contribution >= 0.6 is 23.1 Å². The first-order valence-electron chi connectivity index (χ1n) is 8.49. The summed E-state index contributed by atoms with van der Waals surface area (Å²) in [6.45, 7) is 1.93. The molecule has 27 heavy (non-hydrogen) atoms. The Morgan fingerprint density at radius 3 is 2.63 bits per heavy atom. The Hall–Kier alpha value is -2.57. The summed E-state index contributed by atoms with van der Waals surface area (Å²) in [5.41, 5.74) is 3.27. The van der Waals surface area contributed by atoms with Crippen LogP contribution in [-0.2, 0) is 0 Å². The number of benzene rings is 2. The Morgan fingerprint density at radius 2 is 1.89 bits per heavy atom. The highest BCUT2D eigenvalue weighted by atomic mass is 32.2. The molecule has 0 atom stereocenters. The molecular formula is C21H19N3OS2. The van der Waals surface area contributed by atoms with Crippen molar-refractivity contribution >= 4 is 44.8 Å². The van der Waals surface area contributed by atoms with Gasteiger partial charge >= 0.3 is 0 Å². The molecular weight excluding hydrogens is 374 g/mol. The fourth-order valence-corrected chi connectivity index (χ4v) is 4.41. The van der Waals surface area contributed by atoms with E-state index >= 15 is 0 Å². The van der Waals surface area contributed by atoms with Crippen molar-refractivity contribution in [2.24, 2.45) is 0 Å². The number of hydrogen-bond donors (Lipinski definition) is 1. The summed E-state index contributed by atoms with van der Waals surface area (Å²) in [4.78, 5) is 11.5. The lowest BCUT2D eigenvalue weighted by molar-refractivity contribution is 0.415. The fourth-order valence-electron chi connectivity index (χ4n) is 2.96. The number of thiophene rings is 1. The summed E-state index contributed by atoms with van der Waals surface area (Å²) < 4.78 is 5.28. The van der Waals surface area contributed by atoms with Crippen LogP contribution in [0.4, 0.5) is 11.5 Å². The minimum atomic E-state index is 0.758. The van der Waals surface area contributed by atoms with Gasteiger partial charge in [0.1, 0.15) is 22.2 Å². The number of methoxy groups -OCH3 is 1. The van der Waals surface area contributed by atoms with Gasteiger partial charge < -0.3 is 10.1 Å². The number of anilines is 2. The Labute approximate surface area is 166 Å². The van der Waals surface area contributed by atoms with Gasteiger partial charge in [0.2, 0.25) is 0 Å². The topological polar surface area (TPSA) is 47.0 Å². The van der Waals surface area contributed by atoms with Crippen molar-refractivity contribution in [1.29, 1.82) is 0 Å². The maximum Gasteiger partial charge on any atom is 0.143 e. The van der Waals surface area contributed by atoms with Crippen LogP contribution in [0.25, 0.3) is 21.3 Å². The molecule has 2 aromatic heterocycles. The first-order chi connectivity index (χ1) is 13.2. The Kier molecular flexibility index (Phi) is 5.01. The SMILES string of the molecule is COc1ccc(-c2csc3nc(C)nc(Nc4cccc(SC)c4)c23)cc1. The maximum absolute atomic E-state index is 5.28. The second-order valence-electron chi connectivity index (χ2n) is 6.03. The van der Waals surface area contributed by atoms with E-state index in [1.807, 2.05) is 19.1 Å². The Bertz CT molecular complexity index is 1090. The van der Waals surface area contributed by atoms with Gasteiger partial charge in [0.25, 0.3) is 0 Å². The summed E-state index contributed by atoms with van der Waals surface area (Å²) in [7, 11) is 1.68. The van der Waals surface area contributed by atoms with E-state index in [4.69, 9.17) is 9.72 Å². The molecule has 4 nitrogen and oxygen atoms in total. The van der Waals surface area contributed by atoms with Crippen LogP contribution in [0, 0.1) is 6.92 Å². The van der Waals surface area contributed by atoms with E-state index in [0.29, 0.717) is 0 Å². The summed E-state index contributed by atoms with van der Waals surface area (Å²) in [6, 6.07) is 16.4. The molecule has 0 aliphatic rings. The molecule has 0 fully saturated rings. The van der Waals surface area contributed by atoms with Crippen molar-refractivity contribution < 1.29 is 4.74 Å². The lowest BCUT2D eigenvalue weighted by atomic mass is 10.1. The Balaban J connectivity index is 1.82. The largest absolute Gasteiger partial charge is 0.497 e. The van der Waals surface area contributed by atoms with E-state index in [0.717, 1.165) is 44.4 Å². The van der Waals surface area contributed by atoms with E-state index in [2.05, 4.69) is 58.3 Å². The molecule has 0 bridgehead atoms. The number of rotatable bonds is 5. The average molecular weight is 394 g/mol. The van der Waals surface area contributed by atoms with Crippen LogP contribution in [0.2, 0.25) is 0 Å². The number of ether oxygens (including phenoxy) is 1. The van der Waals surface area contributed by atoms with Crippen molar-refractivity contribution in [1.82, 2.24) is 9.97 Å². The third kappa shape index (κ3) is 3.63. The first kappa shape index (κ1) is 17.8. The normalized spacial score (nSPS) is 10.9. The second kappa shape index (κ2) is 7.58. The van der Waals surface area contributed by atoms with Gasteiger partial charge in [-0.25, -0.2) is 9.97 Å². The highest BCUT2D eigenvalue weighted by Gasteiger charge is 2.15. The molecule has 0 radical (unpaired) electrons. The standard InChI is InChI=1S/C21H19N3OS2/c1-13-22-20(24-15-5-4-6-17(11-15)26-3)19-18(12-27-21(19)23-13)14-7-9-16(25-2)10-8-14/h4-12H,1-3H3,(H,22,23,24). The number of nitrogens with zero attached hydrogens (tertiary/aromatic N) is 2. The molecule has 0 aliphatic heterocycles. The predicted molar refractivity (Wildman–Crippen MR) is 116 cm³/mol. The van der Waals surface area contributed by atoms with E-state index < -0.39 is 0 Å². The van der Waals surface area contributed by atoms with Crippen LogP contribution in [-0.4, -0.2) is 23.3 Å². The quantitative estimate of drug-likeness (QED) is 0.413. The molecule has 0 saturated carbocycles. The van der Waals surface area contributed by atoms with Crippen molar-refractivity contribution in [2.75, 3.05) is 18.7 Å². The van der Waals surface area contributed by atoms with Crippen LogP contribution in [0.15, 0.2) is 58.8 Å². The number of nitrogens with one attached hydrogen (secondary N) is 1. The van der Waals surface area contributed by atoms with Crippen LogP contribution in [0.3, 0.4) is 0 Å². The van der Waals surface area contributed by atoms with Gasteiger partial charge in [0.15, 0.2) is 0 Å². The van der Waals surface area contributed by atoms with Crippen LogP contribution in [0.5, 0.6) is 5.75 Å². The first-order valence-corrected chi connectivity index (χ1v) is 10.6. The lowest BCUT2D eigenvalue weighted by Gasteiger charge is -2.11. The molecule has 0 unspecified atom stereocenters. The highest BCUT2D eigenvalue weighted by molar-refractivity contribution is 7.98. The van der Waals surface area contributed by atoms with E-state index in [1.54, 1.807) is 30.2 Å². The fraction of sp³-hybridized carbons (Fsp3) is 0.143. The minimum Gasteiger partial charge on any atom is -0.497 e. The molecule has 1 N–H and O–H groups in total. The number of thioether (sulfide) groups is 1. The molecule has 0 spiro atoms. The van der Waals surface area contributed by atoms with Gasteiger partial charge in [0.05, 0.1) is 12.5 Å². The molecule has 2 aromatic carbocycles. The van der Waals surface area contributed by atoms with Crippen molar-refractivity contribution in [2.45, 2.75) is 11.8 Å². The van der Waals surface area contributed by atoms with Gasteiger partial charge in [-0.15, -0.1) is 23.1 Å². The summed E-state index contributed by atoms with van der Waals surface area (Å²) in [5.74, 6) is 2.44. The van der Waals surface area contributed by atoms with E-state index in [9.17, 15) is 0 Å². The minimum absolute atomic E-state index is 0.758. The molecule has 136 valence electrons. The van der Waals surface area contributed by atoms with Gasteiger partial charge in [-0.1, -0.05) is 18.2 Å². The third-order valence-electron chi connectivity index (χ3n) is 4.28. The number of fused-ring (bicyclic) bond motifs is 1. The monoisotopic (exact) mass is 393 g/mol. The molecule has 2 heterocycles. The third-order valence-corrected chi connectivity index (χ3v) is 5.88. The van der Waals surface area contributed by atoms with Gasteiger partial charge in [-0.2, -0.15) is 0 Å². The van der Waals surface area contributed by atoms with Gasteiger partial charge in [-0.05, 0) is 49.1 Å². The van der Waals surface area contributed by atoms with Crippen LogP contribution < -0.4 is 10.1 Å². The van der Waals surface area contributed by atoms with Gasteiger partial charge in [-0.3, -0.25) is 0 Å². The zero-order valence-electron chi connectivity index (χ0n) is 15.3. The van der Waals surface area contributed by atoms with E-state index in [-0.39, 0.29) is 0 Å². The predicted octanol–water partition coefficient (Wildman–Crippen LogP) is 6.14. The molecule has 4 rings (SSSR count). The van der Waals surface area contributed by atoms with Crippen molar-refractivity contribution in [3.05, 3.63) is 59.7 Å². The van der Waals surface area contributed by atoms with E-state index in [1.165, 1.54) is 4.90 Å². The van der Waals surface area contributed by atoms with Crippen molar-refractivity contribution in [3.8, 4) is 16.9 Å². The molecule has 0 saturated heterocycles. The number of hydrogen-bond acceptors (Lipinski definition) is 6. The van der Waals surface area contributed by atoms with Gasteiger partial charge in [0, 0.05) is 21.5 Å². The highest BCUT2D eigenvalue weighted by Crippen LogP contribution is 2.38. The summed E-state index contributed by atoms with van der Waals surface area (Å²) in [6.07, 6.45) is 2.08. The lowest BCUT2D eigenvalue weighted by Crippen LogP contribution is -1.98. The number of aromatic nitrogens is 2. The molecule has 0 aliphatic carbocycles. The molecule has 4 aromatic rings. The summed E-state index contributed by atoms with van der Waals surface area (Å²) in [5, 5.41) is 6.69. The molecule has 6 heteroatoms. The average Bonchev–Trinajstić information content (AvgIpc) is 3.12. The second-order valence-corrected chi connectivity index (χ2v) is 7.77. The zero-order valence-corrected chi connectivity index (χ0v) is 16.9. The number of aryl methyl sites for hydroxylation is 1. The van der Waals surface area contributed by atoms with Crippen molar-refractivity contribution in [3.63, 3.8) is 0 Å². The Morgan fingerprint density at radius 1 is 1.07 bits per heavy atom. The smallest absolute Gasteiger partial charge is 0.143 e.